The maximum absolute atomic E-state index is 4.29. The van der Waals surface area contributed by atoms with Crippen LogP contribution in [0.1, 0.15) is 24.8 Å². The molecule has 1 heterocycles. The lowest BCUT2D eigenvalue weighted by Gasteiger charge is -2.61. The van der Waals surface area contributed by atoms with Crippen molar-refractivity contribution in [2.75, 3.05) is 0 Å². The third-order valence-electron chi connectivity index (χ3n) is 4.55. The van der Waals surface area contributed by atoms with Crippen LogP contribution in [0.25, 0.3) is 11.3 Å². The molecule has 3 aliphatic carbocycles. The maximum atomic E-state index is 4.29. The first kappa shape index (κ1) is 10.3. The lowest BCUT2D eigenvalue weighted by molar-refractivity contribution is -0.120. The van der Waals surface area contributed by atoms with Gasteiger partial charge in [-0.2, -0.15) is 0 Å². The van der Waals surface area contributed by atoms with Crippen molar-refractivity contribution in [1.82, 2.24) is 15.0 Å². The minimum Gasteiger partial charge on any atom is -0.251 e. The van der Waals surface area contributed by atoms with Crippen molar-refractivity contribution >= 4 is 0 Å². The second-order valence-electron chi connectivity index (χ2n) is 6.15. The van der Waals surface area contributed by atoms with E-state index >= 15 is 0 Å². The molecular formula is C15H17N3. The lowest BCUT2D eigenvalue weighted by atomic mass is 9.44. The molecule has 2 bridgehead atoms. The number of rotatable bonds is 3. The number of nitrogens with zero attached hydrogens (tertiary/aromatic N) is 3. The topological polar surface area (TPSA) is 30.7 Å². The van der Waals surface area contributed by atoms with Gasteiger partial charge < -0.3 is 0 Å². The van der Waals surface area contributed by atoms with Crippen LogP contribution in [0.15, 0.2) is 30.5 Å². The summed E-state index contributed by atoms with van der Waals surface area (Å²) in [5.41, 5.74) is 4.01. The molecule has 92 valence electrons. The molecule has 0 atom stereocenters. The smallest absolute Gasteiger partial charge is 0.113 e. The van der Waals surface area contributed by atoms with E-state index in [-0.39, 0.29) is 0 Å². The van der Waals surface area contributed by atoms with E-state index in [1.165, 1.54) is 24.8 Å². The molecule has 3 fully saturated rings. The third kappa shape index (κ3) is 1.50. The van der Waals surface area contributed by atoms with Gasteiger partial charge in [0, 0.05) is 12.1 Å². The lowest BCUT2D eigenvalue weighted by Crippen LogP contribution is -2.54. The highest BCUT2D eigenvalue weighted by atomic mass is 15.4. The molecule has 2 aromatic rings. The highest BCUT2D eigenvalue weighted by Gasteiger charge is 2.56. The van der Waals surface area contributed by atoms with Crippen molar-refractivity contribution in [1.29, 1.82) is 0 Å². The first-order valence-electron chi connectivity index (χ1n) is 6.70. The molecule has 3 aliphatic rings. The average molecular weight is 239 g/mol. The largest absolute Gasteiger partial charge is 0.251 e. The number of hydrogen-bond donors (Lipinski definition) is 0. The molecular weight excluding hydrogens is 222 g/mol. The van der Waals surface area contributed by atoms with Crippen LogP contribution in [-0.2, 0) is 6.54 Å². The van der Waals surface area contributed by atoms with Gasteiger partial charge in [-0.25, -0.2) is 0 Å². The second kappa shape index (κ2) is 3.44. The van der Waals surface area contributed by atoms with E-state index in [1.54, 1.807) is 0 Å². The zero-order chi connectivity index (χ0) is 12.2. The highest BCUT2D eigenvalue weighted by molar-refractivity contribution is 5.57. The van der Waals surface area contributed by atoms with Crippen molar-refractivity contribution in [3.8, 4) is 11.3 Å². The number of aromatic nitrogens is 3. The molecule has 0 unspecified atom stereocenters. The zero-order valence-corrected chi connectivity index (χ0v) is 10.6. The van der Waals surface area contributed by atoms with Gasteiger partial charge in [0.2, 0.25) is 0 Å². The molecule has 3 heteroatoms. The Morgan fingerprint density at radius 1 is 1.22 bits per heavy atom. The fourth-order valence-electron chi connectivity index (χ4n) is 3.43. The van der Waals surface area contributed by atoms with E-state index < -0.39 is 0 Å². The van der Waals surface area contributed by atoms with Crippen LogP contribution in [0.2, 0.25) is 0 Å². The summed E-state index contributed by atoms with van der Waals surface area (Å²) in [7, 11) is 0. The fourth-order valence-corrected chi connectivity index (χ4v) is 3.43. The van der Waals surface area contributed by atoms with E-state index in [0.717, 1.165) is 23.7 Å². The molecule has 0 aliphatic heterocycles. The summed E-state index contributed by atoms with van der Waals surface area (Å²) in [6, 6.07) is 8.47. The minimum absolute atomic E-state index is 0.586. The van der Waals surface area contributed by atoms with E-state index in [2.05, 4.69) is 47.7 Å². The summed E-state index contributed by atoms with van der Waals surface area (Å²) in [6.07, 6.45) is 6.32. The highest BCUT2D eigenvalue weighted by Crippen LogP contribution is 2.65. The van der Waals surface area contributed by atoms with Gasteiger partial charge in [0.25, 0.3) is 0 Å². The molecule has 1 aromatic carbocycles. The maximum Gasteiger partial charge on any atom is 0.113 e. The second-order valence-corrected chi connectivity index (χ2v) is 6.15. The van der Waals surface area contributed by atoms with Gasteiger partial charge in [-0.3, -0.25) is 4.68 Å². The molecule has 5 rings (SSSR count). The van der Waals surface area contributed by atoms with Crippen LogP contribution >= 0.6 is 0 Å². The standard InChI is InChI=1S/C15H17N3/c1-11-2-4-13(5-3-11)14-9-18(17-16-14)10-15-6-12(7-15)8-15/h2-5,9,12H,6-8,10H2,1H3. The van der Waals surface area contributed by atoms with Gasteiger partial charge >= 0.3 is 0 Å². The van der Waals surface area contributed by atoms with Gasteiger partial charge in [0.15, 0.2) is 0 Å². The first-order valence-corrected chi connectivity index (χ1v) is 6.70. The van der Waals surface area contributed by atoms with E-state index in [1.807, 2.05) is 4.68 Å². The van der Waals surface area contributed by atoms with Crippen molar-refractivity contribution in [2.45, 2.75) is 32.7 Å². The summed E-state index contributed by atoms with van der Waals surface area (Å²) in [5.74, 6) is 1.03. The van der Waals surface area contributed by atoms with E-state index in [0.29, 0.717) is 5.41 Å². The van der Waals surface area contributed by atoms with Crippen molar-refractivity contribution < 1.29 is 0 Å². The van der Waals surface area contributed by atoms with Gasteiger partial charge in [0.1, 0.15) is 5.69 Å². The van der Waals surface area contributed by atoms with Gasteiger partial charge in [-0.1, -0.05) is 35.0 Å². The Hall–Kier alpha value is -1.64. The fraction of sp³-hybridized carbons (Fsp3) is 0.467. The van der Waals surface area contributed by atoms with Crippen LogP contribution in [0.3, 0.4) is 0 Å². The molecule has 3 saturated carbocycles. The van der Waals surface area contributed by atoms with Crippen LogP contribution in [0.5, 0.6) is 0 Å². The summed E-state index contributed by atoms with van der Waals surface area (Å²) < 4.78 is 2.03. The molecule has 1 aromatic heterocycles. The Balaban J connectivity index is 1.55. The van der Waals surface area contributed by atoms with Crippen molar-refractivity contribution in [3.63, 3.8) is 0 Å². The summed E-state index contributed by atoms with van der Waals surface area (Å²) in [6.45, 7) is 3.16. The van der Waals surface area contributed by atoms with Crippen LogP contribution in [0, 0.1) is 18.3 Å². The number of hydrogen-bond acceptors (Lipinski definition) is 2. The van der Waals surface area contributed by atoms with E-state index in [4.69, 9.17) is 0 Å². The molecule has 0 radical (unpaired) electrons. The van der Waals surface area contributed by atoms with Gasteiger partial charge in [-0.15, -0.1) is 5.10 Å². The van der Waals surface area contributed by atoms with Gasteiger partial charge in [0.05, 0.1) is 6.20 Å². The van der Waals surface area contributed by atoms with E-state index in [9.17, 15) is 0 Å². The zero-order valence-electron chi connectivity index (χ0n) is 10.6. The number of aryl methyl sites for hydroxylation is 1. The van der Waals surface area contributed by atoms with Crippen LogP contribution < -0.4 is 0 Å². The first-order chi connectivity index (χ1) is 8.72. The Morgan fingerprint density at radius 2 is 1.94 bits per heavy atom. The predicted octanol–water partition coefficient (Wildman–Crippen LogP) is 3.05. The Bertz CT molecular complexity index is 565. The van der Waals surface area contributed by atoms with Crippen LogP contribution in [0.4, 0.5) is 0 Å². The minimum atomic E-state index is 0.586. The summed E-state index contributed by atoms with van der Waals surface area (Å²) in [4.78, 5) is 0. The van der Waals surface area contributed by atoms with Gasteiger partial charge in [-0.05, 0) is 37.5 Å². The molecule has 0 amide bonds. The molecule has 0 N–H and O–H groups in total. The summed E-state index contributed by atoms with van der Waals surface area (Å²) in [5, 5.41) is 8.56. The Kier molecular flexibility index (Phi) is 1.97. The molecule has 0 spiro atoms. The monoisotopic (exact) mass is 239 g/mol. The Morgan fingerprint density at radius 3 is 2.56 bits per heavy atom. The SMILES string of the molecule is Cc1ccc(-c2cn(CC34CC(C3)C4)nn2)cc1. The van der Waals surface area contributed by atoms with Crippen molar-refractivity contribution in [3.05, 3.63) is 36.0 Å². The number of benzene rings is 1. The average Bonchev–Trinajstić information content (AvgIpc) is 2.71. The predicted molar refractivity (Wildman–Crippen MR) is 70.0 cm³/mol. The molecule has 3 nitrogen and oxygen atoms in total. The van der Waals surface area contributed by atoms with Crippen LogP contribution in [-0.4, -0.2) is 15.0 Å². The quantitative estimate of drug-likeness (QED) is 0.824. The normalized spacial score (nSPS) is 28.6. The molecule has 18 heavy (non-hydrogen) atoms. The molecule has 0 saturated heterocycles. The van der Waals surface area contributed by atoms with Crippen molar-refractivity contribution in [2.24, 2.45) is 11.3 Å². The summed E-state index contributed by atoms with van der Waals surface area (Å²) >= 11 is 0. The third-order valence-corrected chi connectivity index (χ3v) is 4.55. The Labute approximate surface area is 107 Å².